The molecule has 3 rings (SSSR count). The second-order valence-corrected chi connectivity index (χ2v) is 7.07. The minimum absolute atomic E-state index is 0.429. The van der Waals surface area contributed by atoms with Crippen LogP contribution >= 0.6 is 0 Å². The van der Waals surface area contributed by atoms with Crippen LogP contribution in [0.25, 0.3) is 10.9 Å². The van der Waals surface area contributed by atoms with E-state index in [1.54, 1.807) is 0 Å². The van der Waals surface area contributed by atoms with Crippen molar-refractivity contribution in [1.29, 1.82) is 0 Å². The summed E-state index contributed by atoms with van der Waals surface area (Å²) in [6, 6.07) is 18.4. The topological polar surface area (TPSA) is 46.9 Å². The van der Waals surface area contributed by atoms with Gasteiger partial charge >= 0.3 is 0 Å². The smallest absolute Gasteiger partial charge is 0.119 e. The second-order valence-electron chi connectivity index (χ2n) is 7.07. The standard InChI is InChI=1S/C23H30N2O3/c1-3-27-14-15-28-22-10-8-19(9-11-22)16-24(2)17-21(26)18-25-13-12-20-6-4-5-7-23(20)25/h4-13,21,26H,3,14-18H2,1-2H3/t21-/m1/s1. The lowest BCUT2D eigenvalue weighted by atomic mass is 10.2. The molecule has 0 aliphatic carbocycles. The number of benzene rings is 2. The van der Waals surface area contributed by atoms with E-state index in [0.717, 1.165) is 17.8 Å². The van der Waals surface area contributed by atoms with Crippen molar-refractivity contribution in [3.63, 3.8) is 0 Å². The third-order valence-electron chi connectivity index (χ3n) is 4.69. The van der Waals surface area contributed by atoms with Crippen molar-refractivity contribution < 1.29 is 14.6 Å². The number of rotatable bonds is 11. The van der Waals surface area contributed by atoms with Crippen molar-refractivity contribution >= 4 is 10.9 Å². The summed E-state index contributed by atoms with van der Waals surface area (Å²) >= 11 is 0. The fourth-order valence-corrected chi connectivity index (χ4v) is 3.37. The van der Waals surface area contributed by atoms with Crippen LogP contribution in [0.4, 0.5) is 0 Å². The van der Waals surface area contributed by atoms with E-state index in [2.05, 4.69) is 39.8 Å². The lowest BCUT2D eigenvalue weighted by molar-refractivity contribution is 0.108. The zero-order chi connectivity index (χ0) is 19.8. The normalized spacial score (nSPS) is 12.6. The Hall–Kier alpha value is -2.34. The van der Waals surface area contributed by atoms with E-state index >= 15 is 0 Å². The lowest BCUT2D eigenvalue weighted by Gasteiger charge is -2.21. The average Bonchev–Trinajstić information content (AvgIpc) is 3.09. The summed E-state index contributed by atoms with van der Waals surface area (Å²) < 4.78 is 13.0. The Bertz CT molecular complexity index is 844. The Morgan fingerprint density at radius 3 is 2.61 bits per heavy atom. The van der Waals surface area contributed by atoms with Crippen molar-refractivity contribution in [3.05, 3.63) is 66.4 Å². The highest BCUT2D eigenvalue weighted by Crippen LogP contribution is 2.16. The first kappa shape index (κ1) is 20.4. The van der Waals surface area contributed by atoms with Gasteiger partial charge in [0.25, 0.3) is 0 Å². The Morgan fingerprint density at radius 2 is 1.82 bits per heavy atom. The number of ether oxygens (including phenoxy) is 2. The Morgan fingerprint density at radius 1 is 1.04 bits per heavy atom. The van der Waals surface area contributed by atoms with Gasteiger partial charge in [-0.05, 0) is 49.2 Å². The molecule has 1 N–H and O–H groups in total. The molecule has 0 aliphatic rings. The van der Waals surface area contributed by atoms with Crippen LogP contribution in [-0.2, 0) is 17.8 Å². The Balaban J connectivity index is 1.46. The van der Waals surface area contributed by atoms with Gasteiger partial charge in [-0.1, -0.05) is 30.3 Å². The first-order valence-electron chi connectivity index (χ1n) is 9.85. The molecule has 1 aromatic heterocycles. The number of aliphatic hydroxyl groups excluding tert-OH is 1. The van der Waals surface area contributed by atoms with Crippen LogP contribution in [0.1, 0.15) is 12.5 Å². The molecule has 5 nitrogen and oxygen atoms in total. The molecule has 3 aromatic rings. The fourth-order valence-electron chi connectivity index (χ4n) is 3.37. The molecule has 0 saturated carbocycles. The molecule has 0 radical (unpaired) electrons. The molecule has 0 spiro atoms. The van der Waals surface area contributed by atoms with E-state index in [1.807, 2.05) is 44.4 Å². The van der Waals surface area contributed by atoms with Crippen LogP contribution in [0, 0.1) is 0 Å². The van der Waals surface area contributed by atoms with Crippen LogP contribution in [0.15, 0.2) is 60.8 Å². The number of hydrogen-bond acceptors (Lipinski definition) is 4. The van der Waals surface area contributed by atoms with Crippen molar-refractivity contribution in [2.45, 2.75) is 26.1 Å². The fraction of sp³-hybridized carbons (Fsp3) is 0.391. The van der Waals surface area contributed by atoms with Crippen LogP contribution in [0.5, 0.6) is 5.75 Å². The largest absolute Gasteiger partial charge is 0.491 e. The highest BCUT2D eigenvalue weighted by molar-refractivity contribution is 5.79. The summed E-state index contributed by atoms with van der Waals surface area (Å²) in [5.41, 5.74) is 2.35. The zero-order valence-electron chi connectivity index (χ0n) is 16.8. The summed E-state index contributed by atoms with van der Waals surface area (Å²) in [6.07, 6.45) is 1.61. The van der Waals surface area contributed by atoms with Gasteiger partial charge in [0, 0.05) is 38.0 Å². The summed E-state index contributed by atoms with van der Waals surface area (Å²) in [5, 5.41) is 11.7. The summed E-state index contributed by atoms with van der Waals surface area (Å²) in [7, 11) is 2.03. The van der Waals surface area contributed by atoms with Crippen molar-refractivity contribution in [1.82, 2.24) is 9.47 Å². The van der Waals surface area contributed by atoms with E-state index in [9.17, 15) is 5.11 Å². The second kappa shape index (κ2) is 10.3. The van der Waals surface area contributed by atoms with Gasteiger partial charge in [0.05, 0.1) is 12.7 Å². The molecule has 1 heterocycles. The molecule has 1 atom stereocenters. The van der Waals surface area contributed by atoms with E-state index in [0.29, 0.717) is 32.9 Å². The van der Waals surface area contributed by atoms with E-state index < -0.39 is 6.10 Å². The molecule has 0 unspecified atom stereocenters. The summed E-state index contributed by atoms with van der Waals surface area (Å²) in [5.74, 6) is 0.852. The first-order chi connectivity index (χ1) is 13.7. The van der Waals surface area contributed by atoms with Gasteiger partial charge < -0.3 is 19.1 Å². The van der Waals surface area contributed by atoms with Gasteiger partial charge in [-0.3, -0.25) is 4.90 Å². The molecule has 2 aromatic carbocycles. The van der Waals surface area contributed by atoms with Gasteiger partial charge in [0.2, 0.25) is 0 Å². The molecular formula is C23H30N2O3. The maximum absolute atomic E-state index is 10.5. The van der Waals surface area contributed by atoms with E-state index in [-0.39, 0.29) is 0 Å². The third-order valence-corrected chi connectivity index (χ3v) is 4.69. The molecule has 0 fully saturated rings. The predicted octanol–water partition coefficient (Wildman–Crippen LogP) is 3.55. The average molecular weight is 383 g/mol. The van der Waals surface area contributed by atoms with Gasteiger partial charge in [-0.2, -0.15) is 0 Å². The number of aromatic nitrogens is 1. The quantitative estimate of drug-likeness (QED) is 0.515. The zero-order valence-corrected chi connectivity index (χ0v) is 16.8. The van der Waals surface area contributed by atoms with Gasteiger partial charge in [0.15, 0.2) is 0 Å². The third kappa shape index (κ3) is 5.83. The highest BCUT2D eigenvalue weighted by Gasteiger charge is 2.11. The van der Waals surface area contributed by atoms with E-state index in [1.165, 1.54) is 10.9 Å². The van der Waals surface area contributed by atoms with Crippen molar-refractivity contribution in [3.8, 4) is 5.75 Å². The van der Waals surface area contributed by atoms with Gasteiger partial charge in [-0.25, -0.2) is 0 Å². The molecule has 28 heavy (non-hydrogen) atoms. The number of fused-ring (bicyclic) bond motifs is 1. The summed E-state index contributed by atoms with van der Waals surface area (Å²) in [4.78, 5) is 2.14. The molecule has 0 bridgehead atoms. The Labute approximate surface area is 167 Å². The van der Waals surface area contributed by atoms with Crippen LogP contribution in [0.2, 0.25) is 0 Å². The lowest BCUT2D eigenvalue weighted by Crippen LogP contribution is -2.31. The molecule has 5 heteroatoms. The maximum Gasteiger partial charge on any atom is 0.119 e. The minimum Gasteiger partial charge on any atom is -0.491 e. The molecule has 0 amide bonds. The van der Waals surface area contributed by atoms with Crippen LogP contribution in [-0.4, -0.2) is 54.1 Å². The molecule has 150 valence electrons. The predicted molar refractivity (Wildman–Crippen MR) is 113 cm³/mol. The SMILES string of the molecule is CCOCCOc1ccc(CN(C)C[C@@H](O)Cn2ccc3ccccc32)cc1. The molecule has 0 aliphatic heterocycles. The molecule has 0 saturated heterocycles. The monoisotopic (exact) mass is 382 g/mol. The van der Waals surface area contributed by atoms with Crippen molar-refractivity contribution in [2.75, 3.05) is 33.4 Å². The highest BCUT2D eigenvalue weighted by atomic mass is 16.5. The van der Waals surface area contributed by atoms with Gasteiger partial charge in [-0.15, -0.1) is 0 Å². The van der Waals surface area contributed by atoms with Crippen LogP contribution < -0.4 is 4.74 Å². The number of likely N-dealkylation sites (N-methyl/N-ethyl adjacent to an activating group) is 1. The number of hydrogen-bond donors (Lipinski definition) is 1. The molecular weight excluding hydrogens is 352 g/mol. The minimum atomic E-state index is -0.429. The van der Waals surface area contributed by atoms with Crippen LogP contribution in [0.3, 0.4) is 0 Å². The first-order valence-corrected chi connectivity index (χ1v) is 9.85. The number of nitrogens with zero attached hydrogens (tertiary/aromatic N) is 2. The summed E-state index contributed by atoms with van der Waals surface area (Å²) in [6.45, 7) is 5.83. The Kier molecular flexibility index (Phi) is 7.48. The van der Waals surface area contributed by atoms with E-state index in [4.69, 9.17) is 9.47 Å². The number of aliphatic hydroxyl groups is 1. The number of para-hydroxylation sites is 1. The van der Waals surface area contributed by atoms with Gasteiger partial charge in [0.1, 0.15) is 12.4 Å². The maximum atomic E-state index is 10.5. The van der Waals surface area contributed by atoms with Crippen molar-refractivity contribution in [2.24, 2.45) is 0 Å².